The van der Waals surface area contributed by atoms with E-state index in [4.69, 9.17) is 0 Å². The minimum Gasteiger partial charge on any atom is -0.352 e. The third-order valence-electron chi connectivity index (χ3n) is 4.29. The molecule has 0 saturated heterocycles. The summed E-state index contributed by atoms with van der Waals surface area (Å²) in [6, 6.07) is 8.79. The first-order valence-corrected chi connectivity index (χ1v) is 8.16. The van der Waals surface area contributed by atoms with Crippen molar-refractivity contribution in [1.29, 1.82) is 0 Å². The number of carbonyl (C=O) groups excluding carboxylic acids is 1. The lowest BCUT2D eigenvalue weighted by molar-refractivity contribution is 0.0945. The number of hydrogen-bond acceptors (Lipinski definition) is 3. The van der Waals surface area contributed by atoms with Gasteiger partial charge < -0.3 is 5.32 Å². The molecule has 0 unspecified atom stereocenters. The average Bonchev–Trinajstić information content (AvgIpc) is 2.99. The van der Waals surface area contributed by atoms with Crippen molar-refractivity contribution in [2.45, 2.75) is 19.8 Å². The van der Waals surface area contributed by atoms with Gasteiger partial charge in [-0.2, -0.15) is 5.10 Å². The molecule has 1 amide bonds. The van der Waals surface area contributed by atoms with E-state index < -0.39 is 0 Å². The summed E-state index contributed by atoms with van der Waals surface area (Å²) in [5.74, 6) is -0.324. The fourth-order valence-electron chi connectivity index (χ4n) is 3.23. The number of nitrogens with zero attached hydrogens (tertiary/aromatic N) is 3. The summed E-state index contributed by atoms with van der Waals surface area (Å²) >= 11 is 0. The van der Waals surface area contributed by atoms with Gasteiger partial charge in [-0.25, -0.2) is 9.07 Å². The number of fused-ring (bicyclic) bond motifs is 1. The van der Waals surface area contributed by atoms with Crippen LogP contribution in [0.15, 0.2) is 42.7 Å². The molecule has 0 bridgehead atoms. The van der Waals surface area contributed by atoms with E-state index in [1.807, 2.05) is 25.1 Å². The summed E-state index contributed by atoms with van der Waals surface area (Å²) in [6.07, 6.45) is 4.59. The predicted molar refractivity (Wildman–Crippen MR) is 91.3 cm³/mol. The highest BCUT2D eigenvalue weighted by atomic mass is 19.1. The van der Waals surface area contributed by atoms with E-state index in [1.165, 1.54) is 12.1 Å². The molecule has 1 N–H and O–H groups in total. The van der Waals surface area contributed by atoms with Crippen molar-refractivity contribution in [3.63, 3.8) is 0 Å². The van der Waals surface area contributed by atoms with Crippen molar-refractivity contribution in [3.05, 3.63) is 76.6 Å². The van der Waals surface area contributed by atoms with Gasteiger partial charge in [0, 0.05) is 31.3 Å². The Hall–Kier alpha value is -3.02. The highest BCUT2D eigenvalue weighted by molar-refractivity contribution is 5.96. The Labute approximate surface area is 144 Å². The fourth-order valence-corrected chi connectivity index (χ4v) is 3.23. The molecule has 126 valence electrons. The summed E-state index contributed by atoms with van der Waals surface area (Å²) in [7, 11) is 0. The van der Waals surface area contributed by atoms with Crippen LogP contribution in [0.2, 0.25) is 0 Å². The van der Waals surface area contributed by atoms with Crippen LogP contribution >= 0.6 is 0 Å². The van der Waals surface area contributed by atoms with Crippen molar-refractivity contribution in [3.8, 4) is 5.69 Å². The number of halogens is 1. The van der Waals surface area contributed by atoms with Gasteiger partial charge in [0.05, 0.1) is 23.1 Å². The Morgan fingerprint density at radius 2 is 2.16 bits per heavy atom. The van der Waals surface area contributed by atoms with E-state index >= 15 is 0 Å². The largest absolute Gasteiger partial charge is 0.352 e. The van der Waals surface area contributed by atoms with Crippen LogP contribution in [0.3, 0.4) is 0 Å². The van der Waals surface area contributed by atoms with E-state index in [-0.39, 0.29) is 11.7 Å². The summed E-state index contributed by atoms with van der Waals surface area (Å²) in [5, 5.41) is 7.18. The van der Waals surface area contributed by atoms with Crippen LogP contribution in [0.25, 0.3) is 5.69 Å². The number of hydrogen-bond donors (Lipinski definition) is 1. The van der Waals surface area contributed by atoms with Gasteiger partial charge in [0.1, 0.15) is 5.82 Å². The minimum absolute atomic E-state index is 0.0861. The minimum atomic E-state index is -0.238. The molecular formula is C19H17FN4O. The van der Waals surface area contributed by atoms with Crippen LogP contribution in [0, 0.1) is 12.7 Å². The van der Waals surface area contributed by atoms with Crippen LogP contribution in [0.1, 0.15) is 32.9 Å². The van der Waals surface area contributed by atoms with Gasteiger partial charge in [-0.3, -0.25) is 9.78 Å². The number of nitrogens with one attached hydrogen (secondary N) is 1. The quantitative estimate of drug-likeness (QED) is 0.800. The lowest BCUT2D eigenvalue weighted by Gasteiger charge is -2.15. The molecule has 6 heteroatoms. The smallest absolute Gasteiger partial charge is 0.254 e. The molecule has 0 radical (unpaired) electrons. The molecule has 0 spiro atoms. The summed E-state index contributed by atoms with van der Waals surface area (Å²) in [5.41, 5.74) is 4.97. The van der Waals surface area contributed by atoms with Gasteiger partial charge >= 0.3 is 0 Å². The fraction of sp³-hybridized carbons (Fsp3) is 0.211. The molecule has 5 nitrogen and oxygen atoms in total. The zero-order valence-electron chi connectivity index (χ0n) is 13.8. The number of aryl methyl sites for hydroxylation is 1. The normalized spacial score (nSPS) is 13.4. The van der Waals surface area contributed by atoms with Gasteiger partial charge in [-0.15, -0.1) is 0 Å². The molecule has 1 aromatic carbocycles. The van der Waals surface area contributed by atoms with E-state index in [1.54, 1.807) is 17.1 Å². The van der Waals surface area contributed by atoms with Crippen molar-refractivity contribution in [1.82, 2.24) is 20.1 Å². The molecular weight excluding hydrogens is 319 g/mol. The zero-order valence-corrected chi connectivity index (χ0v) is 13.8. The maximum absolute atomic E-state index is 13.6. The van der Waals surface area contributed by atoms with Gasteiger partial charge in [0.15, 0.2) is 0 Å². The van der Waals surface area contributed by atoms with Crippen LogP contribution in [-0.4, -0.2) is 27.2 Å². The van der Waals surface area contributed by atoms with Gasteiger partial charge in [-0.1, -0.05) is 6.07 Å². The van der Waals surface area contributed by atoms with E-state index in [0.717, 1.165) is 34.6 Å². The molecule has 25 heavy (non-hydrogen) atoms. The molecule has 0 aliphatic carbocycles. The second-order valence-corrected chi connectivity index (χ2v) is 6.24. The monoisotopic (exact) mass is 336 g/mol. The lowest BCUT2D eigenvalue weighted by Crippen LogP contribution is -2.32. The SMILES string of the molecule is Cc1cc(F)cc(Cc2cc(-n3ncc4c3CCNC4=O)ccn2)c1. The summed E-state index contributed by atoms with van der Waals surface area (Å²) < 4.78 is 15.4. The molecule has 0 saturated carbocycles. The van der Waals surface area contributed by atoms with Crippen molar-refractivity contribution >= 4 is 5.91 Å². The van der Waals surface area contributed by atoms with E-state index in [0.29, 0.717) is 18.5 Å². The Morgan fingerprint density at radius 3 is 3.00 bits per heavy atom. The maximum Gasteiger partial charge on any atom is 0.254 e. The number of aromatic nitrogens is 3. The van der Waals surface area contributed by atoms with Crippen molar-refractivity contribution in [2.24, 2.45) is 0 Å². The topological polar surface area (TPSA) is 59.8 Å². The van der Waals surface area contributed by atoms with Crippen LogP contribution in [-0.2, 0) is 12.8 Å². The van der Waals surface area contributed by atoms with Crippen molar-refractivity contribution in [2.75, 3.05) is 6.54 Å². The Bertz CT molecular complexity index is 944. The first-order valence-electron chi connectivity index (χ1n) is 8.16. The molecule has 1 aliphatic heterocycles. The molecule has 2 aromatic heterocycles. The third kappa shape index (κ3) is 3.03. The molecule has 0 fully saturated rings. The number of pyridine rings is 1. The Balaban J connectivity index is 1.67. The van der Waals surface area contributed by atoms with E-state index in [2.05, 4.69) is 15.4 Å². The highest BCUT2D eigenvalue weighted by Gasteiger charge is 2.22. The van der Waals surface area contributed by atoms with Gasteiger partial charge in [0.25, 0.3) is 5.91 Å². The molecule has 4 rings (SSSR count). The molecule has 3 heterocycles. The maximum atomic E-state index is 13.6. The number of amides is 1. The standard InChI is InChI=1S/C19H17FN4O/c1-12-6-13(8-14(20)7-12)9-15-10-16(2-4-21-15)24-18-3-5-22-19(25)17(18)11-23-24/h2,4,6-8,10-11H,3,5,9H2,1H3,(H,22,25). The number of carbonyl (C=O) groups is 1. The third-order valence-corrected chi connectivity index (χ3v) is 4.29. The van der Waals surface area contributed by atoms with Crippen molar-refractivity contribution < 1.29 is 9.18 Å². The molecule has 1 aliphatic rings. The van der Waals surface area contributed by atoms with Gasteiger partial charge in [-0.05, 0) is 42.3 Å². The lowest BCUT2D eigenvalue weighted by atomic mass is 10.1. The molecule has 3 aromatic rings. The predicted octanol–water partition coefficient (Wildman–Crippen LogP) is 2.59. The highest BCUT2D eigenvalue weighted by Crippen LogP contribution is 2.19. The first kappa shape index (κ1) is 15.5. The second kappa shape index (κ2) is 6.12. The van der Waals surface area contributed by atoms with Gasteiger partial charge in [0.2, 0.25) is 0 Å². The van der Waals surface area contributed by atoms with E-state index in [9.17, 15) is 9.18 Å². The Morgan fingerprint density at radius 1 is 1.28 bits per heavy atom. The average molecular weight is 336 g/mol. The second-order valence-electron chi connectivity index (χ2n) is 6.24. The van der Waals surface area contributed by atoms with Crippen LogP contribution in [0.4, 0.5) is 4.39 Å². The van der Waals surface area contributed by atoms with Crippen LogP contribution in [0.5, 0.6) is 0 Å². The molecule has 0 atom stereocenters. The zero-order chi connectivity index (χ0) is 17.4. The number of benzene rings is 1. The van der Waals surface area contributed by atoms with Crippen LogP contribution < -0.4 is 5.32 Å². The Kier molecular flexibility index (Phi) is 3.80. The summed E-state index contributed by atoms with van der Waals surface area (Å²) in [6.45, 7) is 2.48. The number of rotatable bonds is 3. The summed E-state index contributed by atoms with van der Waals surface area (Å²) in [4.78, 5) is 16.3. The first-order chi connectivity index (χ1) is 12.1.